The first-order valence-corrected chi connectivity index (χ1v) is 7.03. The summed E-state index contributed by atoms with van der Waals surface area (Å²) in [4.78, 5) is 2.17. The number of nitrogens with zero attached hydrogens (tertiary/aromatic N) is 1. The maximum Gasteiger partial charge on any atom is 0.419 e. The third kappa shape index (κ3) is 4.35. The van der Waals surface area contributed by atoms with Crippen molar-refractivity contribution in [1.82, 2.24) is 4.90 Å². The molecule has 21 heavy (non-hydrogen) atoms. The molecule has 0 aliphatic carbocycles. The molecule has 0 amide bonds. The Hall–Kier alpha value is -1.27. The van der Waals surface area contributed by atoms with Gasteiger partial charge in [-0.05, 0) is 51.0 Å². The highest BCUT2D eigenvalue weighted by molar-refractivity contribution is 5.35. The van der Waals surface area contributed by atoms with Gasteiger partial charge in [-0.2, -0.15) is 13.2 Å². The fourth-order valence-corrected chi connectivity index (χ4v) is 2.55. The number of piperidine rings is 1. The van der Waals surface area contributed by atoms with Gasteiger partial charge < -0.3 is 14.7 Å². The van der Waals surface area contributed by atoms with E-state index in [1.54, 1.807) is 0 Å². The highest BCUT2D eigenvalue weighted by Crippen LogP contribution is 2.36. The molecule has 1 fully saturated rings. The van der Waals surface area contributed by atoms with Gasteiger partial charge in [0.2, 0.25) is 0 Å². The molecule has 0 radical (unpaired) electrons. The molecule has 0 bridgehead atoms. The van der Waals surface area contributed by atoms with Crippen molar-refractivity contribution in [2.45, 2.75) is 25.1 Å². The third-order valence-corrected chi connectivity index (χ3v) is 3.91. The minimum absolute atomic E-state index is 0.0826. The Bertz CT molecular complexity index is 456. The molecule has 1 unspecified atom stereocenters. The van der Waals surface area contributed by atoms with Crippen LogP contribution in [0.4, 0.5) is 13.2 Å². The van der Waals surface area contributed by atoms with Gasteiger partial charge >= 0.3 is 6.18 Å². The first-order chi connectivity index (χ1) is 9.88. The van der Waals surface area contributed by atoms with Gasteiger partial charge in [-0.3, -0.25) is 0 Å². The van der Waals surface area contributed by atoms with Crippen LogP contribution in [0.2, 0.25) is 0 Å². The largest absolute Gasteiger partial charge is 0.490 e. The predicted octanol–water partition coefficient (Wildman–Crippen LogP) is 2.79. The van der Waals surface area contributed by atoms with Crippen molar-refractivity contribution in [2.75, 3.05) is 26.7 Å². The fraction of sp³-hybridized carbons (Fsp3) is 0.600. The fourth-order valence-electron chi connectivity index (χ4n) is 2.55. The monoisotopic (exact) mass is 303 g/mol. The van der Waals surface area contributed by atoms with Crippen LogP contribution in [0.3, 0.4) is 0 Å². The van der Waals surface area contributed by atoms with Crippen molar-refractivity contribution in [3.05, 3.63) is 29.8 Å². The standard InChI is InChI=1S/C15H20F3NO2/c1-19-8-6-11(7-9-19)13(20)10-21-14-5-3-2-4-12(14)15(16,17)18/h2-5,11,13,20H,6-10H2,1H3. The summed E-state index contributed by atoms with van der Waals surface area (Å²) in [5, 5.41) is 10.1. The Morgan fingerprint density at radius 1 is 1.29 bits per heavy atom. The average Bonchev–Trinajstić information content (AvgIpc) is 2.45. The summed E-state index contributed by atoms with van der Waals surface area (Å²) >= 11 is 0. The van der Waals surface area contributed by atoms with Gasteiger partial charge in [-0.25, -0.2) is 0 Å². The molecule has 0 aromatic heterocycles. The summed E-state index contributed by atoms with van der Waals surface area (Å²) in [6, 6.07) is 5.08. The van der Waals surface area contributed by atoms with Crippen molar-refractivity contribution >= 4 is 0 Å². The zero-order chi connectivity index (χ0) is 15.5. The molecule has 3 nitrogen and oxygen atoms in total. The lowest BCUT2D eigenvalue weighted by Crippen LogP contribution is -2.37. The molecular weight excluding hydrogens is 283 g/mol. The zero-order valence-corrected chi connectivity index (χ0v) is 11.9. The molecule has 1 saturated heterocycles. The van der Waals surface area contributed by atoms with Gasteiger partial charge in [0.15, 0.2) is 0 Å². The van der Waals surface area contributed by atoms with E-state index in [0.717, 1.165) is 32.0 Å². The Labute approximate surface area is 122 Å². The first kappa shape index (κ1) is 16.1. The number of likely N-dealkylation sites (tertiary alicyclic amines) is 1. The van der Waals surface area contributed by atoms with E-state index in [9.17, 15) is 18.3 Å². The van der Waals surface area contributed by atoms with Crippen LogP contribution in [0, 0.1) is 5.92 Å². The number of alkyl halides is 3. The lowest BCUT2D eigenvalue weighted by atomic mass is 9.92. The quantitative estimate of drug-likeness (QED) is 0.928. The number of para-hydroxylation sites is 1. The molecule has 1 aromatic rings. The van der Waals surface area contributed by atoms with Crippen molar-refractivity contribution in [1.29, 1.82) is 0 Å². The Morgan fingerprint density at radius 2 is 1.90 bits per heavy atom. The van der Waals surface area contributed by atoms with E-state index in [-0.39, 0.29) is 18.3 Å². The summed E-state index contributed by atoms with van der Waals surface area (Å²) in [5.41, 5.74) is -0.805. The SMILES string of the molecule is CN1CCC(C(O)COc2ccccc2C(F)(F)F)CC1. The van der Waals surface area contributed by atoms with Crippen LogP contribution in [0.25, 0.3) is 0 Å². The van der Waals surface area contributed by atoms with Gasteiger partial charge in [-0.1, -0.05) is 12.1 Å². The summed E-state index contributed by atoms with van der Waals surface area (Å²) in [5.74, 6) is -0.142. The van der Waals surface area contributed by atoms with Crippen LogP contribution < -0.4 is 4.74 Å². The van der Waals surface area contributed by atoms with Crippen LogP contribution in [0.5, 0.6) is 5.75 Å². The molecule has 0 saturated carbocycles. The summed E-state index contributed by atoms with van der Waals surface area (Å²) in [6.07, 6.45) is -3.51. The van der Waals surface area contributed by atoms with Crippen LogP contribution in [0.15, 0.2) is 24.3 Å². The topological polar surface area (TPSA) is 32.7 Å². The van der Waals surface area contributed by atoms with E-state index in [0.29, 0.717) is 0 Å². The summed E-state index contributed by atoms with van der Waals surface area (Å²) in [6.45, 7) is 1.67. The van der Waals surface area contributed by atoms with Gasteiger partial charge in [0.1, 0.15) is 12.4 Å². The highest BCUT2D eigenvalue weighted by Gasteiger charge is 2.34. The molecule has 118 valence electrons. The molecule has 1 aliphatic rings. The minimum Gasteiger partial charge on any atom is -0.490 e. The maximum atomic E-state index is 12.8. The number of hydrogen-bond donors (Lipinski definition) is 1. The van der Waals surface area contributed by atoms with Crippen molar-refractivity contribution in [2.24, 2.45) is 5.92 Å². The van der Waals surface area contributed by atoms with E-state index in [2.05, 4.69) is 4.90 Å². The van der Waals surface area contributed by atoms with Gasteiger partial charge in [-0.15, -0.1) is 0 Å². The number of aliphatic hydroxyl groups excluding tert-OH is 1. The Kier molecular flexibility index (Phi) is 5.11. The second-order valence-corrected chi connectivity index (χ2v) is 5.51. The Balaban J connectivity index is 1.94. The molecule has 1 aliphatic heterocycles. The second kappa shape index (κ2) is 6.66. The van der Waals surface area contributed by atoms with Crippen LogP contribution in [0.1, 0.15) is 18.4 Å². The number of rotatable bonds is 4. The predicted molar refractivity (Wildman–Crippen MR) is 73.2 cm³/mol. The number of hydrogen-bond acceptors (Lipinski definition) is 3. The van der Waals surface area contributed by atoms with Crippen molar-refractivity contribution < 1.29 is 23.0 Å². The van der Waals surface area contributed by atoms with E-state index < -0.39 is 17.8 Å². The first-order valence-electron chi connectivity index (χ1n) is 7.03. The van der Waals surface area contributed by atoms with Crippen LogP contribution in [-0.2, 0) is 6.18 Å². The summed E-state index contributed by atoms with van der Waals surface area (Å²) < 4.78 is 43.7. The highest BCUT2D eigenvalue weighted by atomic mass is 19.4. The third-order valence-electron chi connectivity index (χ3n) is 3.91. The molecule has 2 rings (SSSR count). The molecular formula is C15H20F3NO2. The normalized spacial score (nSPS) is 19.5. The van der Waals surface area contributed by atoms with Gasteiger partial charge in [0.05, 0.1) is 11.7 Å². The minimum atomic E-state index is -4.45. The van der Waals surface area contributed by atoms with Gasteiger partial charge in [0, 0.05) is 0 Å². The Morgan fingerprint density at radius 3 is 2.52 bits per heavy atom. The molecule has 6 heteroatoms. The number of ether oxygens (including phenoxy) is 1. The molecule has 1 N–H and O–H groups in total. The van der Waals surface area contributed by atoms with Gasteiger partial charge in [0.25, 0.3) is 0 Å². The molecule has 1 aromatic carbocycles. The smallest absolute Gasteiger partial charge is 0.419 e. The number of aliphatic hydroxyl groups is 1. The van der Waals surface area contributed by atoms with Crippen molar-refractivity contribution in [3.8, 4) is 5.75 Å². The second-order valence-electron chi connectivity index (χ2n) is 5.51. The van der Waals surface area contributed by atoms with Crippen molar-refractivity contribution in [3.63, 3.8) is 0 Å². The maximum absolute atomic E-state index is 12.8. The van der Waals surface area contributed by atoms with E-state index >= 15 is 0 Å². The zero-order valence-electron chi connectivity index (χ0n) is 11.9. The summed E-state index contributed by atoms with van der Waals surface area (Å²) in [7, 11) is 2.01. The molecule has 0 spiro atoms. The average molecular weight is 303 g/mol. The van der Waals surface area contributed by atoms with Crippen LogP contribution in [-0.4, -0.2) is 42.9 Å². The molecule has 1 atom stereocenters. The van der Waals surface area contributed by atoms with E-state index in [1.807, 2.05) is 7.05 Å². The van der Waals surface area contributed by atoms with E-state index in [4.69, 9.17) is 4.74 Å². The van der Waals surface area contributed by atoms with E-state index in [1.165, 1.54) is 18.2 Å². The lowest BCUT2D eigenvalue weighted by molar-refractivity contribution is -0.139. The molecule has 1 heterocycles. The van der Waals surface area contributed by atoms with Crippen LogP contribution >= 0.6 is 0 Å². The number of halogens is 3. The lowest BCUT2D eigenvalue weighted by Gasteiger charge is -2.31. The number of benzene rings is 1.